The Morgan fingerprint density at radius 1 is 1.30 bits per heavy atom. The van der Waals surface area contributed by atoms with Gasteiger partial charge in [-0.25, -0.2) is 4.79 Å². The highest BCUT2D eigenvalue weighted by atomic mass is 16.4. The molecule has 3 unspecified atom stereocenters. The highest BCUT2D eigenvalue weighted by Gasteiger charge is 2.38. The molecule has 2 N–H and O–H groups in total. The first-order valence-electron chi connectivity index (χ1n) is 7.35. The molecular weight excluding hydrogens is 258 g/mol. The van der Waals surface area contributed by atoms with Gasteiger partial charge in [0, 0.05) is 31.6 Å². The van der Waals surface area contributed by atoms with Crippen LogP contribution >= 0.6 is 0 Å². The van der Waals surface area contributed by atoms with Crippen molar-refractivity contribution in [1.29, 1.82) is 0 Å². The maximum absolute atomic E-state index is 12.1. The fourth-order valence-electron chi connectivity index (χ4n) is 3.01. The first-order chi connectivity index (χ1) is 9.38. The summed E-state index contributed by atoms with van der Waals surface area (Å²) in [5.74, 6) is -0.610. The summed E-state index contributed by atoms with van der Waals surface area (Å²) in [5, 5.41) is 12.0. The number of carboxylic acids is 1. The van der Waals surface area contributed by atoms with Crippen LogP contribution in [0.3, 0.4) is 0 Å². The molecule has 2 aliphatic heterocycles. The van der Waals surface area contributed by atoms with E-state index in [0.29, 0.717) is 19.0 Å². The van der Waals surface area contributed by atoms with Gasteiger partial charge >= 0.3 is 12.0 Å². The molecule has 2 amide bonds. The smallest absolute Gasteiger partial charge is 0.317 e. The van der Waals surface area contributed by atoms with Crippen molar-refractivity contribution < 1.29 is 14.7 Å². The molecule has 20 heavy (non-hydrogen) atoms. The van der Waals surface area contributed by atoms with Crippen molar-refractivity contribution in [3.05, 3.63) is 0 Å². The number of likely N-dealkylation sites (tertiary alicyclic amines) is 2. The van der Waals surface area contributed by atoms with E-state index >= 15 is 0 Å². The Morgan fingerprint density at radius 2 is 1.95 bits per heavy atom. The van der Waals surface area contributed by atoms with E-state index in [1.54, 1.807) is 11.8 Å². The number of nitrogens with one attached hydrogen (secondary N) is 1. The van der Waals surface area contributed by atoms with Crippen molar-refractivity contribution >= 4 is 12.0 Å². The minimum absolute atomic E-state index is 0.0414. The maximum atomic E-state index is 12.1. The molecule has 2 fully saturated rings. The van der Waals surface area contributed by atoms with Gasteiger partial charge in [-0.05, 0) is 25.9 Å². The number of carboxylic acid groups (broad SMARTS) is 1. The number of carbonyl (C=O) groups excluding carboxylic acids is 1. The number of hydrogen-bond acceptors (Lipinski definition) is 3. The van der Waals surface area contributed by atoms with Crippen LogP contribution in [-0.4, -0.2) is 66.2 Å². The number of rotatable bonds is 3. The third-order valence-corrected chi connectivity index (χ3v) is 4.71. The largest absolute Gasteiger partial charge is 0.481 e. The van der Waals surface area contributed by atoms with Crippen molar-refractivity contribution in [2.24, 2.45) is 17.8 Å². The Kier molecular flexibility index (Phi) is 4.52. The van der Waals surface area contributed by atoms with Crippen molar-refractivity contribution in [1.82, 2.24) is 15.1 Å². The fraction of sp³-hybridized carbons (Fsp3) is 0.857. The summed E-state index contributed by atoms with van der Waals surface area (Å²) in [6, 6.07) is 0.190. The van der Waals surface area contributed by atoms with Crippen LogP contribution in [0.2, 0.25) is 0 Å². The number of carbonyl (C=O) groups is 2. The number of aliphatic carboxylic acids is 1. The second-order valence-electron chi connectivity index (χ2n) is 6.38. The van der Waals surface area contributed by atoms with E-state index in [1.165, 1.54) is 0 Å². The first-order valence-corrected chi connectivity index (χ1v) is 7.35. The summed E-state index contributed by atoms with van der Waals surface area (Å²) < 4.78 is 0. The normalized spacial score (nSPS) is 29.6. The maximum Gasteiger partial charge on any atom is 0.317 e. The van der Waals surface area contributed by atoms with Crippen molar-refractivity contribution in [2.75, 3.05) is 33.2 Å². The summed E-state index contributed by atoms with van der Waals surface area (Å²) in [4.78, 5) is 27.0. The van der Waals surface area contributed by atoms with E-state index in [1.807, 2.05) is 0 Å². The summed E-state index contributed by atoms with van der Waals surface area (Å²) in [5.41, 5.74) is 0. The van der Waals surface area contributed by atoms with Crippen LogP contribution in [0.1, 0.15) is 20.3 Å². The van der Waals surface area contributed by atoms with Gasteiger partial charge in [0.05, 0.1) is 5.92 Å². The number of urea groups is 1. The van der Waals surface area contributed by atoms with Gasteiger partial charge in [0.2, 0.25) is 0 Å². The van der Waals surface area contributed by atoms with Gasteiger partial charge in [0.15, 0.2) is 0 Å². The highest BCUT2D eigenvalue weighted by Crippen LogP contribution is 2.24. The Bertz CT molecular complexity index is 382. The second kappa shape index (κ2) is 5.99. The second-order valence-corrected chi connectivity index (χ2v) is 6.38. The zero-order valence-electron chi connectivity index (χ0n) is 12.5. The van der Waals surface area contributed by atoms with Crippen molar-refractivity contribution in [3.8, 4) is 0 Å². The Labute approximate surface area is 120 Å². The molecule has 0 spiro atoms. The van der Waals surface area contributed by atoms with Crippen LogP contribution in [0, 0.1) is 17.8 Å². The monoisotopic (exact) mass is 283 g/mol. The quantitative estimate of drug-likeness (QED) is 0.799. The van der Waals surface area contributed by atoms with Crippen LogP contribution < -0.4 is 5.32 Å². The Hall–Kier alpha value is -1.30. The van der Waals surface area contributed by atoms with E-state index in [0.717, 1.165) is 19.5 Å². The Morgan fingerprint density at radius 3 is 2.50 bits per heavy atom. The molecule has 114 valence electrons. The Balaban J connectivity index is 1.76. The van der Waals surface area contributed by atoms with E-state index < -0.39 is 5.97 Å². The van der Waals surface area contributed by atoms with Crippen LogP contribution in [-0.2, 0) is 4.79 Å². The molecule has 2 heterocycles. The lowest BCUT2D eigenvalue weighted by Gasteiger charge is -2.43. The zero-order chi connectivity index (χ0) is 14.9. The summed E-state index contributed by atoms with van der Waals surface area (Å²) >= 11 is 0. The van der Waals surface area contributed by atoms with Crippen LogP contribution in [0.5, 0.6) is 0 Å². The molecule has 6 nitrogen and oxygen atoms in total. The SMILES string of the molecule is CC1CN(C)CCC1NC(=O)N1CC(C(C)C(=O)O)C1. The molecule has 2 aliphatic rings. The third kappa shape index (κ3) is 3.23. The predicted molar refractivity (Wildman–Crippen MR) is 75.5 cm³/mol. The molecular formula is C14H25N3O3. The topological polar surface area (TPSA) is 72.9 Å². The molecule has 0 aromatic rings. The van der Waals surface area contributed by atoms with Gasteiger partial charge in [0.1, 0.15) is 0 Å². The van der Waals surface area contributed by atoms with E-state index in [-0.39, 0.29) is 23.9 Å². The molecule has 0 saturated carbocycles. The third-order valence-electron chi connectivity index (χ3n) is 4.71. The standard InChI is InChI=1S/C14H25N3O3/c1-9-6-16(3)5-4-12(9)15-14(20)17-7-11(8-17)10(2)13(18)19/h9-12H,4-8H2,1-3H3,(H,15,20)(H,18,19). The summed E-state index contributed by atoms with van der Waals surface area (Å²) in [6.45, 7) is 6.99. The van der Waals surface area contributed by atoms with E-state index in [9.17, 15) is 9.59 Å². The molecule has 0 aliphatic carbocycles. The molecule has 0 aromatic heterocycles. The minimum Gasteiger partial charge on any atom is -0.481 e. The first kappa shape index (κ1) is 15.1. The highest BCUT2D eigenvalue weighted by molar-refractivity contribution is 5.76. The number of nitrogens with zero attached hydrogens (tertiary/aromatic N) is 2. The number of amides is 2. The van der Waals surface area contributed by atoms with E-state index in [4.69, 9.17) is 5.11 Å². The lowest BCUT2D eigenvalue weighted by molar-refractivity contribution is -0.144. The minimum atomic E-state index is -0.779. The number of hydrogen-bond donors (Lipinski definition) is 2. The lowest BCUT2D eigenvalue weighted by Crippen LogP contribution is -2.59. The average molecular weight is 283 g/mol. The van der Waals surface area contributed by atoms with Gasteiger partial charge in [-0.1, -0.05) is 13.8 Å². The molecule has 0 aromatic carbocycles. The van der Waals surface area contributed by atoms with Gasteiger partial charge in [-0.3, -0.25) is 4.79 Å². The lowest BCUT2D eigenvalue weighted by atomic mass is 9.87. The molecule has 0 bridgehead atoms. The van der Waals surface area contributed by atoms with Gasteiger partial charge < -0.3 is 20.2 Å². The van der Waals surface area contributed by atoms with Crippen LogP contribution in [0.4, 0.5) is 4.79 Å². The molecule has 2 rings (SSSR count). The van der Waals surface area contributed by atoms with Crippen LogP contribution in [0.15, 0.2) is 0 Å². The fourth-order valence-corrected chi connectivity index (χ4v) is 3.01. The van der Waals surface area contributed by atoms with Crippen molar-refractivity contribution in [3.63, 3.8) is 0 Å². The molecule has 6 heteroatoms. The zero-order valence-corrected chi connectivity index (χ0v) is 12.5. The van der Waals surface area contributed by atoms with Gasteiger partial charge in [-0.2, -0.15) is 0 Å². The molecule has 0 radical (unpaired) electrons. The molecule has 2 saturated heterocycles. The number of piperidine rings is 1. The van der Waals surface area contributed by atoms with Gasteiger partial charge in [0.25, 0.3) is 0 Å². The summed E-state index contributed by atoms with van der Waals surface area (Å²) in [7, 11) is 2.10. The van der Waals surface area contributed by atoms with Crippen LogP contribution in [0.25, 0.3) is 0 Å². The van der Waals surface area contributed by atoms with Gasteiger partial charge in [-0.15, -0.1) is 0 Å². The molecule has 3 atom stereocenters. The van der Waals surface area contributed by atoms with E-state index in [2.05, 4.69) is 24.2 Å². The predicted octanol–water partition coefficient (Wildman–Crippen LogP) is 0.689. The summed E-state index contributed by atoms with van der Waals surface area (Å²) in [6.07, 6.45) is 0.978. The average Bonchev–Trinajstić information content (AvgIpc) is 2.30. The van der Waals surface area contributed by atoms with Crippen molar-refractivity contribution in [2.45, 2.75) is 26.3 Å².